The van der Waals surface area contributed by atoms with Crippen LogP contribution >= 0.6 is 11.8 Å². The van der Waals surface area contributed by atoms with E-state index in [4.69, 9.17) is 9.84 Å². The van der Waals surface area contributed by atoms with Crippen LogP contribution in [0.3, 0.4) is 0 Å². The van der Waals surface area contributed by atoms with Crippen molar-refractivity contribution in [3.63, 3.8) is 0 Å². The van der Waals surface area contributed by atoms with E-state index in [1.165, 1.54) is 16.7 Å². The first-order valence-corrected chi connectivity index (χ1v) is 13.5. The molecule has 0 unspecified atom stereocenters. The van der Waals surface area contributed by atoms with Gasteiger partial charge in [0.25, 0.3) is 0 Å². The Morgan fingerprint density at radius 1 is 1.14 bits per heavy atom. The summed E-state index contributed by atoms with van der Waals surface area (Å²) in [4.78, 5) is 25.7. The maximum atomic E-state index is 12.7. The molecule has 2 atom stereocenters. The number of benzene rings is 2. The largest absolute Gasteiger partial charge is 0.463 e. The summed E-state index contributed by atoms with van der Waals surface area (Å²) in [7, 11) is 0. The predicted molar refractivity (Wildman–Crippen MR) is 140 cm³/mol. The number of aliphatic hydroxyl groups excluding tert-OH is 2. The molecule has 192 valence electrons. The smallest absolute Gasteiger partial charge is 0.306 e. The number of hydrogen-bond donors (Lipinski definition) is 2. The highest BCUT2D eigenvalue weighted by atomic mass is 32.2. The van der Waals surface area contributed by atoms with Crippen molar-refractivity contribution in [1.29, 1.82) is 5.26 Å². The van der Waals surface area contributed by atoms with E-state index in [2.05, 4.69) is 32.0 Å². The molecular formula is C29H35NO5S. The minimum Gasteiger partial charge on any atom is -0.463 e. The molecule has 2 N–H and O–H groups in total. The Bertz CT molecular complexity index is 1100. The Hall–Kier alpha value is -2.66. The Kier molecular flexibility index (Phi) is 10.5. The van der Waals surface area contributed by atoms with Gasteiger partial charge < -0.3 is 14.9 Å². The van der Waals surface area contributed by atoms with Crippen molar-refractivity contribution >= 4 is 23.5 Å². The first kappa shape index (κ1) is 27.9. The predicted octanol–water partition coefficient (Wildman–Crippen LogP) is 4.11. The van der Waals surface area contributed by atoms with Crippen LogP contribution < -0.4 is 0 Å². The molecule has 0 aliphatic heterocycles. The van der Waals surface area contributed by atoms with Gasteiger partial charge in [-0.1, -0.05) is 12.1 Å². The summed E-state index contributed by atoms with van der Waals surface area (Å²) in [6.45, 7) is 4.04. The molecule has 0 heterocycles. The second kappa shape index (κ2) is 13.6. The van der Waals surface area contributed by atoms with E-state index in [0.717, 1.165) is 34.6 Å². The highest BCUT2D eigenvalue weighted by molar-refractivity contribution is 7.99. The van der Waals surface area contributed by atoms with Crippen LogP contribution in [0, 0.1) is 37.0 Å². The summed E-state index contributed by atoms with van der Waals surface area (Å²) < 4.78 is 4.92. The SMILES string of the molecule is Cc1cc(SC[C@H]2C(=O)CC[C@@H]2Cc2ccc(C#N)c(CCC(=O)OCCO)c2)cc(C)c1CCO. The van der Waals surface area contributed by atoms with Gasteiger partial charge in [0.1, 0.15) is 12.4 Å². The minimum absolute atomic E-state index is 0.0136. The van der Waals surface area contributed by atoms with E-state index in [1.54, 1.807) is 17.8 Å². The fraction of sp³-hybridized carbons (Fsp3) is 0.483. The third-order valence-corrected chi connectivity index (χ3v) is 8.04. The number of carbonyl (C=O) groups is 2. The molecule has 6 nitrogen and oxygen atoms in total. The number of Topliss-reactive ketones (excluding diaryl/α,β-unsaturated/α-hetero) is 1. The summed E-state index contributed by atoms with van der Waals surface area (Å²) >= 11 is 1.72. The van der Waals surface area contributed by atoms with E-state index in [9.17, 15) is 20.0 Å². The molecule has 0 radical (unpaired) electrons. The van der Waals surface area contributed by atoms with Crippen molar-refractivity contribution in [2.24, 2.45) is 11.8 Å². The van der Waals surface area contributed by atoms with Crippen molar-refractivity contribution in [1.82, 2.24) is 0 Å². The van der Waals surface area contributed by atoms with Gasteiger partial charge in [0, 0.05) is 36.0 Å². The lowest BCUT2D eigenvalue weighted by molar-refractivity contribution is -0.144. The van der Waals surface area contributed by atoms with Crippen LogP contribution in [0.15, 0.2) is 35.2 Å². The van der Waals surface area contributed by atoms with E-state index >= 15 is 0 Å². The molecule has 0 amide bonds. The second-order valence-corrected chi connectivity index (χ2v) is 10.5. The average molecular weight is 510 g/mol. The van der Waals surface area contributed by atoms with Crippen LogP contribution in [0.1, 0.15) is 52.6 Å². The summed E-state index contributed by atoms with van der Waals surface area (Å²) in [5.74, 6) is 0.892. The molecule has 36 heavy (non-hydrogen) atoms. The van der Waals surface area contributed by atoms with Crippen molar-refractivity contribution in [2.45, 2.75) is 57.3 Å². The summed E-state index contributed by atoms with van der Waals surface area (Å²) in [5, 5.41) is 27.6. The Morgan fingerprint density at radius 2 is 1.89 bits per heavy atom. The van der Waals surface area contributed by atoms with E-state index in [-0.39, 0.29) is 38.1 Å². The summed E-state index contributed by atoms with van der Waals surface area (Å²) in [6, 6.07) is 12.2. The quantitative estimate of drug-likeness (QED) is 0.327. The monoisotopic (exact) mass is 509 g/mol. The molecule has 0 spiro atoms. The maximum Gasteiger partial charge on any atom is 0.306 e. The molecule has 1 saturated carbocycles. The van der Waals surface area contributed by atoms with Crippen LogP contribution in [0.2, 0.25) is 0 Å². The first-order chi connectivity index (χ1) is 17.4. The number of hydrogen-bond acceptors (Lipinski definition) is 7. The van der Waals surface area contributed by atoms with Gasteiger partial charge in [0.15, 0.2) is 0 Å². The highest BCUT2D eigenvalue weighted by Crippen LogP contribution is 2.37. The molecule has 1 aliphatic rings. The average Bonchev–Trinajstić information content (AvgIpc) is 3.21. The summed E-state index contributed by atoms with van der Waals surface area (Å²) in [5.41, 5.74) is 5.95. The number of carbonyl (C=O) groups excluding carboxylic acids is 2. The third-order valence-electron chi connectivity index (χ3n) is 6.95. The number of rotatable bonds is 12. The zero-order valence-electron chi connectivity index (χ0n) is 21.1. The first-order valence-electron chi connectivity index (χ1n) is 12.5. The lowest BCUT2D eigenvalue weighted by atomic mass is 9.89. The van der Waals surface area contributed by atoms with E-state index in [1.807, 2.05) is 12.1 Å². The van der Waals surface area contributed by atoms with E-state index in [0.29, 0.717) is 30.6 Å². The lowest BCUT2D eigenvalue weighted by Gasteiger charge is -2.19. The zero-order valence-corrected chi connectivity index (χ0v) is 21.9. The standard InChI is InChI=1S/C29H35NO5S/c1-19-13-25(14-20(2)26(19)9-10-31)36-18-27-23(5-7-28(27)33)16-21-3-4-24(17-30)22(15-21)6-8-29(34)35-12-11-32/h3-4,13-15,23,27,31-32H,5-12,16,18H2,1-2H3/t23-,27-/m1/s1. The zero-order chi connectivity index (χ0) is 26.1. The molecule has 7 heteroatoms. The van der Waals surface area contributed by atoms with Crippen molar-refractivity contribution in [2.75, 3.05) is 25.6 Å². The van der Waals surface area contributed by atoms with E-state index < -0.39 is 5.97 Å². The minimum atomic E-state index is -0.397. The molecule has 2 aromatic carbocycles. The van der Waals surface area contributed by atoms with Gasteiger partial charge in [-0.2, -0.15) is 5.26 Å². The second-order valence-electron chi connectivity index (χ2n) is 9.44. The molecule has 0 aromatic heterocycles. The van der Waals surface area contributed by atoms with Gasteiger partial charge in [-0.25, -0.2) is 0 Å². The number of thioether (sulfide) groups is 1. The number of nitrogens with zero attached hydrogens (tertiary/aromatic N) is 1. The number of nitriles is 1. The number of aryl methyl sites for hydroxylation is 3. The van der Waals surface area contributed by atoms with Crippen LogP contribution in [-0.2, 0) is 33.6 Å². The van der Waals surface area contributed by atoms with Gasteiger partial charge in [-0.15, -0.1) is 11.8 Å². The van der Waals surface area contributed by atoms with Crippen molar-refractivity contribution in [3.05, 3.63) is 63.7 Å². The van der Waals surface area contributed by atoms with Crippen molar-refractivity contribution in [3.8, 4) is 6.07 Å². The molecule has 1 fully saturated rings. The Labute approximate surface area is 217 Å². The Morgan fingerprint density at radius 3 is 2.56 bits per heavy atom. The van der Waals surface area contributed by atoms with Crippen molar-refractivity contribution < 1.29 is 24.5 Å². The molecule has 2 aromatic rings. The number of ketones is 1. The van der Waals surface area contributed by atoms with Crippen LogP contribution in [0.5, 0.6) is 0 Å². The molecule has 0 saturated heterocycles. The van der Waals surface area contributed by atoms with Gasteiger partial charge in [-0.05, 0) is 91.5 Å². The van der Waals surface area contributed by atoms with Crippen LogP contribution in [-0.4, -0.2) is 47.5 Å². The molecule has 3 rings (SSSR count). The van der Waals surface area contributed by atoms with Gasteiger partial charge >= 0.3 is 5.97 Å². The number of aliphatic hydroxyl groups is 2. The highest BCUT2D eigenvalue weighted by Gasteiger charge is 2.34. The fourth-order valence-corrected chi connectivity index (χ4v) is 6.39. The fourth-order valence-electron chi connectivity index (χ4n) is 5.04. The van der Waals surface area contributed by atoms with Gasteiger partial charge in [0.2, 0.25) is 0 Å². The lowest BCUT2D eigenvalue weighted by Crippen LogP contribution is -2.19. The molecular weight excluding hydrogens is 474 g/mol. The third kappa shape index (κ3) is 7.42. The Balaban J connectivity index is 1.66. The molecule has 1 aliphatic carbocycles. The van der Waals surface area contributed by atoms with Crippen LogP contribution in [0.25, 0.3) is 0 Å². The van der Waals surface area contributed by atoms with Crippen LogP contribution in [0.4, 0.5) is 0 Å². The topological polar surface area (TPSA) is 108 Å². The maximum absolute atomic E-state index is 12.7. The molecule has 0 bridgehead atoms. The number of esters is 1. The van der Waals surface area contributed by atoms with Gasteiger partial charge in [0.05, 0.1) is 18.2 Å². The number of ether oxygens (including phenoxy) is 1. The summed E-state index contributed by atoms with van der Waals surface area (Å²) in [6.07, 6.45) is 3.42. The van der Waals surface area contributed by atoms with Gasteiger partial charge in [-0.3, -0.25) is 9.59 Å². The normalized spacial score (nSPS) is 17.2.